The molecule has 0 saturated carbocycles. The lowest BCUT2D eigenvalue weighted by Gasteiger charge is -2.34. The van der Waals surface area contributed by atoms with Gasteiger partial charge in [-0.1, -0.05) is 6.07 Å². The summed E-state index contributed by atoms with van der Waals surface area (Å²) >= 11 is 0. The Kier molecular flexibility index (Phi) is 5.98. The third kappa shape index (κ3) is 4.08. The van der Waals surface area contributed by atoms with E-state index in [0.717, 1.165) is 57.7 Å². The normalized spacial score (nSPS) is 23.3. The van der Waals surface area contributed by atoms with E-state index in [1.54, 1.807) is 0 Å². The quantitative estimate of drug-likeness (QED) is 0.347. The molecule has 0 aliphatic carbocycles. The highest BCUT2D eigenvalue weighted by Gasteiger charge is 2.45. The second-order valence-electron chi connectivity index (χ2n) is 12.2. The maximum atomic E-state index is 16.5. The molecule has 11 heteroatoms. The highest BCUT2D eigenvalue weighted by Crippen LogP contribution is 2.41. The Morgan fingerprint density at radius 3 is 2.52 bits per heavy atom. The van der Waals surface area contributed by atoms with Gasteiger partial charge in [0.25, 0.3) is 0 Å². The van der Waals surface area contributed by atoms with Gasteiger partial charge in [-0.2, -0.15) is 9.97 Å². The van der Waals surface area contributed by atoms with Crippen LogP contribution < -0.4 is 15.0 Å². The molecule has 6 heterocycles. The van der Waals surface area contributed by atoms with Crippen molar-refractivity contribution in [3.63, 3.8) is 0 Å². The number of pyridine rings is 1. The van der Waals surface area contributed by atoms with Gasteiger partial charge in [0.1, 0.15) is 29.4 Å². The minimum atomic E-state index is -1.13. The zero-order valence-corrected chi connectivity index (χ0v) is 23.0. The number of hydrogen-bond donors (Lipinski definition) is 2. The molecular weight excluding hydrogens is 545 g/mol. The molecule has 2 bridgehead atoms. The van der Waals surface area contributed by atoms with E-state index in [-0.39, 0.29) is 44.8 Å². The first-order valence-electron chi connectivity index (χ1n) is 14.7. The van der Waals surface area contributed by atoms with Crippen LogP contribution in [0.15, 0.2) is 30.5 Å². The van der Waals surface area contributed by atoms with E-state index < -0.39 is 17.5 Å². The van der Waals surface area contributed by atoms with Crippen LogP contribution in [0.5, 0.6) is 11.8 Å². The van der Waals surface area contributed by atoms with Gasteiger partial charge >= 0.3 is 6.01 Å². The Morgan fingerprint density at radius 1 is 1.00 bits per heavy atom. The number of halogens is 3. The monoisotopic (exact) mass is 576 g/mol. The summed E-state index contributed by atoms with van der Waals surface area (Å²) in [6.45, 7) is 3.95. The number of phenols is 1. The smallest absolute Gasteiger partial charge is 0.319 e. The molecule has 4 saturated heterocycles. The number of phenolic OH excluding ortho intramolecular Hbond substituents is 1. The largest absolute Gasteiger partial charge is 0.508 e. The minimum Gasteiger partial charge on any atom is -0.508 e. The topological polar surface area (TPSA) is 86.6 Å². The zero-order valence-electron chi connectivity index (χ0n) is 23.0. The number of ether oxygens (including phenoxy) is 1. The van der Waals surface area contributed by atoms with E-state index in [1.807, 2.05) is 0 Å². The Hall–Kier alpha value is -3.70. The van der Waals surface area contributed by atoms with Crippen LogP contribution in [0.1, 0.15) is 38.5 Å². The van der Waals surface area contributed by atoms with Crippen LogP contribution in [-0.2, 0) is 0 Å². The van der Waals surface area contributed by atoms with Crippen molar-refractivity contribution in [2.45, 2.75) is 56.1 Å². The van der Waals surface area contributed by atoms with Crippen molar-refractivity contribution in [1.29, 1.82) is 0 Å². The third-order valence-corrected chi connectivity index (χ3v) is 9.69. The number of anilines is 1. The summed E-state index contributed by atoms with van der Waals surface area (Å²) in [6.07, 6.45) is 7.95. The summed E-state index contributed by atoms with van der Waals surface area (Å²) in [5.41, 5.74) is -0.348. The average Bonchev–Trinajstić information content (AvgIpc) is 3.67. The molecule has 2 aromatic carbocycles. The minimum absolute atomic E-state index is 0.00798. The first-order chi connectivity index (χ1) is 20.4. The van der Waals surface area contributed by atoms with Crippen molar-refractivity contribution in [3.05, 3.63) is 47.9 Å². The lowest BCUT2D eigenvalue weighted by molar-refractivity contribution is 0.108. The molecule has 4 aliphatic rings. The summed E-state index contributed by atoms with van der Waals surface area (Å²) in [5, 5.41) is 14.5. The molecule has 2 atom stereocenters. The van der Waals surface area contributed by atoms with Crippen LogP contribution in [-0.4, -0.2) is 75.4 Å². The van der Waals surface area contributed by atoms with Gasteiger partial charge in [0.15, 0.2) is 17.5 Å². The zero-order chi connectivity index (χ0) is 28.6. The van der Waals surface area contributed by atoms with Gasteiger partial charge in [-0.05, 0) is 75.2 Å². The lowest BCUT2D eigenvalue weighted by Crippen LogP contribution is -2.51. The van der Waals surface area contributed by atoms with Crippen LogP contribution >= 0.6 is 0 Å². The molecule has 0 radical (unpaired) electrons. The Labute approximate surface area is 240 Å². The summed E-state index contributed by atoms with van der Waals surface area (Å²) in [4.78, 5) is 18.4. The van der Waals surface area contributed by atoms with Crippen LogP contribution in [0.4, 0.5) is 19.0 Å². The van der Waals surface area contributed by atoms with Crippen molar-refractivity contribution >= 4 is 27.5 Å². The molecule has 8 nitrogen and oxygen atoms in total. The molecule has 218 valence electrons. The molecule has 4 aliphatic heterocycles. The maximum absolute atomic E-state index is 16.5. The number of rotatable bonds is 5. The predicted octanol–water partition coefficient (Wildman–Crippen LogP) is 4.92. The summed E-state index contributed by atoms with van der Waals surface area (Å²) in [6, 6.07) is 5.54. The lowest BCUT2D eigenvalue weighted by atomic mass is 9.95. The number of fused-ring (bicyclic) bond motifs is 5. The predicted molar refractivity (Wildman–Crippen MR) is 152 cm³/mol. The second-order valence-corrected chi connectivity index (χ2v) is 12.2. The van der Waals surface area contributed by atoms with Crippen molar-refractivity contribution in [1.82, 2.24) is 25.2 Å². The summed E-state index contributed by atoms with van der Waals surface area (Å²) in [7, 11) is 0. The van der Waals surface area contributed by atoms with Crippen LogP contribution in [0.3, 0.4) is 0 Å². The Balaban J connectivity index is 1.27. The molecule has 8 rings (SSSR count). The van der Waals surface area contributed by atoms with Gasteiger partial charge in [0.05, 0.1) is 10.9 Å². The second kappa shape index (κ2) is 9.67. The molecule has 2 aromatic heterocycles. The van der Waals surface area contributed by atoms with E-state index in [2.05, 4.69) is 25.1 Å². The van der Waals surface area contributed by atoms with Gasteiger partial charge < -0.3 is 20.1 Å². The van der Waals surface area contributed by atoms with Crippen LogP contribution in [0.25, 0.3) is 32.9 Å². The number of piperazine rings is 1. The Morgan fingerprint density at radius 2 is 1.76 bits per heavy atom. The van der Waals surface area contributed by atoms with E-state index >= 15 is 8.78 Å². The molecular formula is C31H31F3N6O2. The van der Waals surface area contributed by atoms with Gasteiger partial charge in [-0.3, -0.25) is 9.88 Å². The number of hydrogen-bond acceptors (Lipinski definition) is 8. The van der Waals surface area contributed by atoms with Gasteiger partial charge in [0, 0.05) is 42.3 Å². The number of nitrogens with one attached hydrogen (secondary N) is 1. The van der Waals surface area contributed by atoms with Gasteiger partial charge in [-0.15, -0.1) is 0 Å². The van der Waals surface area contributed by atoms with E-state index in [9.17, 15) is 9.50 Å². The molecule has 2 unspecified atom stereocenters. The first-order valence-corrected chi connectivity index (χ1v) is 14.7. The molecule has 0 spiro atoms. The average molecular weight is 577 g/mol. The van der Waals surface area contributed by atoms with Gasteiger partial charge in [0.2, 0.25) is 0 Å². The summed E-state index contributed by atoms with van der Waals surface area (Å²) in [5.74, 6) is -2.68. The van der Waals surface area contributed by atoms with Crippen molar-refractivity contribution < 1.29 is 23.0 Å². The van der Waals surface area contributed by atoms with E-state index in [0.29, 0.717) is 43.0 Å². The van der Waals surface area contributed by atoms with Crippen molar-refractivity contribution in [2.24, 2.45) is 0 Å². The fraction of sp³-hybridized carbons (Fsp3) is 0.452. The highest BCUT2D eigenvalue weighted by molar-refractivity contribution is 6.00. The standard InChI is InChI=1S/C31H31F3N6O2/c32-23-6-3-17-11-20(41)12-21(24(17)25(23)33)27-26(34)28-22(13-35-27)29(39-14-18-4-5-19(15-39)36-18)38-30(37-28)42-16-31-7-1-9-40(31)10-2-8-31/h3,6,11-13,18-19,36,41H,1-2,4-5,7-10,14-16H2. The third-order valence-electron chi connectivity index (χ3n) is 9.69. The number of aromatic nitrogens is 3. The molecule has 4 fully saturated rings. The van der Waals surface area contributed by atoms with Crippen molar-refractivity contribution in [3.8, 4) is 23.0 Å². The maximum Gasteiger partial charge on any atom is 0.319 e. The van der Waals surface area contributed by atoms with Crippen LogP contribution in [0.2, 0.25) is 0 Å². The SMILES string of the molecule is Oc1cc(-c2ncc3c(N4CC5CCC(C4)N5)nc(OCC45CCCN4CCC5)nc3c2F)c2c(F)c(F)ccc2c1. The fourth-order valence-electron chi connectivity index (χ4n) is 7.71. The van der Waals surface area contributed by atoms with Crippen molar-refractivity contribution in [2.75, 3.05) is 37.7 Å². The number of nitrogens with zero attached hydrogens (tertiary/aromatic N) is 5. The molecule has 4 aromatic rings. The van der Waals surface area contributed by atoms with E-state index in [1.165, 1.54) is 24.4 Å². The van der Waals surface area contributed by atoms with Crippen LogP contribution in [0, 0.1) is 17.5 Å². The molecule has 2 N–H and O–H groups in total. The van der Waals surface area contributed by atoms with Gasteiger partial charge in [-0.25, -0.2) is 13.2 Å². The number of benzene rings is 2. The number of aromatic hydroxyl groups is 1. The first kappa shape index (κ1) is 26.0. The highest BCUT2D eigenvalue weighted by atomic mass is 19.2. The molecule has 0 amide bonds. The fourth-order valence-corrected chi connectivity index (χ4v) is 7.71. The van der Waals surface area contributed by atoms with E-state index in [4.69, 9.17) is 9.72 Å². The summed E-state index contributed by atoms with van der Waals surface area (Å²) < 4.78 is 52.2. The Bertz CT molecular complexity index is 1710. The molecule has 42 heavy (non-hydrogen) atoms.